The SMILES string of the molecule is CCc1c(Cl)c(C)c(N=C=O)c(CC)c1N=C=O.O=C=NCc1ccc(CN=C=O)cc1. The molecule has 0 aliphatic carbocycles. The van der Waals surface area contributed by atoms with Gasteiger partial charge in [-0.15, -0.1) is 0 Å². The van der Waals surface area contributed by atoms with Crippen molar-refractivity contribution in [3.05, 3.63) is 57.1 Å². The van der Waals surface area contributed by atoms with Crippen LogP contribution in [0.4, 0.5) is 11.4 Å². The van der Waals surface area contributed by atoms with Crippen LogP contribution in [0.5, 0.6) is 0 Å². The van der Waals surface area contributed by atoms with Crippen molar-refractivity contribution in [3.8, 4) is 0 Å². The van der Waals surface area contributed by atoms with Gasteiger partial charge in [-0.25, -0.2) is 29.2 Å². The number of hydrogen-bond acceptors (Lipinski definition) is 8. The van der Waals surface area contributed by atoms with Crippen LogP contribution >= 0.6 is 11.6 Å². The molecule has 2 aromatic carbocycles. The summed E-state index contributed by atoms with van der Waals surface area (Å²) in [6.07, 6.45) is 7.20. The third-order valence-electron chi connectivity index (χ3n) is 4.50. The summed E-state index contributed by atoms with van der Waals surface area (Å²) in [5.41, 5.74) is 4.97. The smallest absolute Gasteiger partial charge is 0.211 e. The molecule has 0 bridgehead atoms. The summed E-state index contributed by atoms with van der Waals surface area (Å²) in [4.78, 5) is 55.0. The molecular formula is C23H21ClN4O4. The first-order valence-corrected chi connectivity index (χ1v) is 10.0. The van der Waals surface area contributed by atoms with Gasteiger partial charge >= 0.3 is 0 Å². The number of nitrogens with zero attached hydrogens (tertiary/aromatic N) is 4. The molecule has 0 spiro atoms. The largest absolute Gasteiger partial charge is 0.240 e. The molecule has 8 nitrogen and oxygen atoms in total. The number of carbonyl (C=O) groups excluding carboxylic acids is 4. The highest BCUT2D eigenvalue weighted by molar-refractivity contribution is 6.33. The predicted octanol–water partition coefficient (Wildman–Crippen LogP) is 5.07. The highest BCUT2D eigenvalue weighted by Crippen LogP contribution is 2.41. The molecule has 0 saturated heterocycles. The average Bonchev–Trinajstić information content (AvgIpc) is 2.81. The molecule has 0 aliphatic heterocycles. The van der Waals surface area contributed by atoms with E-state index in [2.05, 4.69) is 20.0 Å². The molecule has 9 heteroatoms. The zero-order valence-corrected chi connectivity index (χ0v) is 18.7. The summed E-state index contributed by atoms with van der Waals surface area (Å²) in [5.74, 6) is 0. The second-order valence-electron chi connectivity index (χ2n) is 6.34. The molecule has 0 heterocycles. The van der Waals surface area contributed by atoms with E-state index < -0.39 is 0 Å². The van der Waals surface area contributed by atoms with Crippen LogP contribution in [0, 0.1) is 6.92 Å². The first kappa shape index (κ1) is 26.3. The Morgan fingerprint density at radius 2 is 1.16 bits per heavy atom. The highest BCUT2D eigenvalue weighted by Gasteiger charge is 2.18. The zero-order valence-electron chi connectivity index (χ0n) is 17.9. The summed E-state index contributed by atoms with van der Waals surface area (Å²) >= 11 is 6.22. The fraction of sp³-hybridized carbons (Fsp3) is 0.304. The first-order chi connectivity index (χ1) is 15.5. The number of isocyanates is 4. The van der Waals surface area contributed by atoms with Crippen LogP contribution in [-0.4, -0.2) is 24.3 Å². The van der Waals surface area contributed by atoms with Crippen molar-refractivity contribution in [2.75, 3.05) is 0 Å². The number of aliphatic imine (C=N–C) groups is 4. The van der Waals surface area contributed by atoms with Crippen LogP contribution in [-0.2, 0) is 45.1 Å². The quantitative estimate of drug-likeness (QED) is 0.410. The van der Waals surface area contributed by atoms with E-state index in [1.54, 1.807) is 6.92 Å². The summed E-state index contributed by atoms with van der Waals surface area (Å²) in [7, 11) is 0. The Morgan fingerprint density at radius 3 is 1.53 bits per heavy atom. The van der Waals surface area contributed by atoms with Crippen LogP contribution in [0.1, 0.15) is 41.7 Å². The van der Waals surface area contributed by atoms with Gasteiger partial charge in [0.15, 0.2) is 0 Å². The maximum Gasteiger partial charge on any atom is 0.240 e. The average molecular weight is 453 g/mol. The zero-order chi connectivity index (χ0) is 23.9. The van der Waals surface area contributed by atoms with Crippen molar-refractivity contribution in [3.63, 3.8) is 0 Å². The lowest BCUT2D eigenvalue weighted by Crippen LogP contribution is -1.95. The van der Waals surface area contributed by atoms with E-state index in [1.165, 1.54) is 24.3 Å². The first-order valence-electron chi connectivity index (χ1n) is 9.63. The molecule has 0 aromatic heterocycles. The lowest BCUT2D eigenvalue weighted by atomic mass is 9.97. The van der Waals surface area contributed by atoms with Crippen molar-refractivity contribution >= 4 is 47.3 Å². The third kappa shape index (κ3) is 7.19. The van der Waals surface area contributed by atoms with Gasteiger partial charge in [-0.05, 0) is 42.0 Å². The van der Waals surface area contributed by atoms with E-state index in [1.807, 2.05) is 38.1 Å². The standard InChI is InChI=1S/C13H13ClN2O2.C10H8N2O2/c1-4-9-11(14)8(3)12(15-6-17)10(5-2)13(9)16-7-18;13-7-11-5-9-1-2-10(4-3-9)6-12-8-14/h4-5H2,1-3H3;1-4H,5-6H2. The normalized spacial score (nSPS) is 9.12. The van der Waals surface area contributed by atoms with Crippen LogP contribution in [0.25, 0.3) is 0 Å². The summed E-state index contributed by atoms with van der Waals surface area (Å²) < 4.78 is 0. The second kappa shape index (κ2) is 14.3. The van der Waals surface area contributed by atoms with Gasteiger partial charge in [-0.2, -0.15) is 9.98 Å². The molecule has 0 N–H and O–H groups in total. The van der Waals surface area contributed by atoms with Crippen molar-refractivity contribution in [1.29, 1.82) is 0 Å². The van der Waals surface area contributed by atoms with E-state index in [0.717, 1.165) is 22.3 Å². The molecule has 0 amide bonds. The topological polar surface area (TPSA) is 118 Å². The summed E-state index contributed by atoms with van der Waals surface area (Å²) in [5, 5.41) is 0.484. The van der Waals surface area contributed by atoms with Gasteiger partial charge in [0.2, 0.25) is 24.3 Å². The number of hydrogen-bond donors (Lipinski definition) is 0. The Morgan fingerprint density at radius 1 is 0.719 bits per heavy atom. The lowest BCUT2D eigenvalue weighted by Gasteiger charge is -2.15. The fourth-order valence-electron chi connectivity index (χ4n) is 2.99. The van der Waals surface area contributed by atoms with Crippen molar-refractivity contribution in [2.24, 2.45) is 20.0 Å². The van der Waals surface area contributed by atoms with Gasteiger partial charge in [0.05, 0.1) is 29.5 Å². The van der Waals surface area contributed by atoms with E-state index in [0.29, 0.717) is 47.9 Å². The van der Waals surface area contributed by atoms with Crippen molar-refractivity contribution < 1.29 is 19.2 Å². The van der Waals surface area contributed by atoms with E-state index in [4.69, 9.17) is 11.6 Å². The molecule has 0 atom stereocenters. The Labute approximate surface area is 190 Å². The second-order valence-corrected chi connectivity index (χ2v) is 6.72. The minimum atomic E-state index is 0.334. The molecule has 2 rings (SSSR count). The molecule has 32 heavy (non-hydrogen) atoms. The number of halogens is 1. The highest BCUT2D eigenvalue weighted by atomic mass is 35.5. The van der Waals surface area contributed by atoms with Crippen LogP contribution < -0.4 is 0 Å². The minimum Gasteiger partial charge on any atom is -0.211 e. The van der Waals surface area contributed by atoms with E-state index in [9.17, 15) is 19.2 Å². The Bertz CT molecular complexity index is 1100. The molecule has 0 fully saturated rings. The van der Waals surface area contributed by atoms with Crippen LogP contribution in [0.15, 0.2) is 44.2 Å². The van der Waals surface area contributed by atoms with Crippen molar-refractivity contribution in [2.45, 2.75) is 46.7 Å². The number of benzene rings is 2. The van der Waals surface area contributed by atoms with Gasteiger partial charge in [-0.1, -0.05) is 49.7 Å². The van der Waals surface area contributed by atoms with E-state index in [-0.39, 0.29) is 0 Å². The Hall–Kier alpha value is -3.75. The molecule has 2 aromatic rings. The van der Waals surface area contributed by atoms with Crippen LogP contribution in [0.2, 0.25) is 5.02 Å². The molecule has 0 unspecified atom stereocenters. The Kier molecular flexibility index (Phi) is 11.7. The van der Waals surface area contributed by atoms with Gasteiger partial charge in [0.25, 0.3) is 0 Å². The van der Waals surface area contributed by atoms with E-state index >= 15 is 0 Å². The molecule has 0 aliphatic rings. The van der Waals surface area contributed by atoms with Gasteiger partial charge in [0.1, 0.15) is 0 Å². The van der Waals surface area contributed by atoms with Gasteiger partial charge < -0.3 is 0 Å². The number of rotatable bonds is 8. The lowest BCUT2D eigenvalue weighted by molar-refractivity contribution is 0.562. The van der Waals surface area contributed by atoms with Gasteiger partial charge in [-0.3, -0.25) is 0 Å². The summed E-state index contributed by atoms with van der Waals surface area (Å²) in [6.45, 7) is 6.27. The predicted molar refractivity (Wildman–Crippen MR) is 121 cm³/mol. The third-order valence-corrected chi connectivity index (χ3v) is 5.02. The monoisotopic (exact) mass is 452 g/mol. The van der Waals surface area contributed by atoms with Crippen LogP contribution in [0.3, 0.4) is 0 Å². The summed E-state index contributed by atoms with van der Waals surface area (Å²) in [6, 6.07) is 7.32. The minimum absolute atomic E-state index is 0.334. The van der Waals surface area contributed by atoms with Crippen molar-refractivity contribution in [1.82, 2.24) is 0 Å². The molecule has 0 saturated carbocycles. The maximum atomic E-state index is 10.5. The Balaban J connectivity index is 0.000000330. The molecular weight excluding hydrogens is 432 g/mol. The maximum absolute atomic E-state index is 10.5. The fourth-order valence-corrected chi connectivity index (χ4v) is 3.30. The molecule has 0 radical (unpaired) electrons. The van der Waals surface area contributed by atoms with Gasteiger partial charge in [0, 0.05) is 5.56 Å². The molecule has 164 valence electrons.